The summed E-state index contributed by atoms with van der Waals surface area (Å²) in [5.74, 6) is 0.660. The van der Waals surface area contributed by atoms with Crippen LogP contribution in [0.2, 0.25) is 10.3 Å². The van der Waals surface area contributed by atoms with E-state index in [2.05, 4.69) is 28.1 Å². The number of aryl methyl sites for hydroxylation is 1. The topological polar surface area (TPSA) is 43.6 Å². The summed E-state index contributed by atoms with van der Waals surface area (Å²) < 4.78 is 1.62. The van der Waals surface area contributed by atoms with E-state index in [1.807, 2.05) is 0 Å². The predicted molar refractivity (Wildman–Crippen MR) is 73.9 cm³/mol. The van der Waals surface area contributed by atoms with Crippen LogP contribution < -0.4 is 0 Å². The van der Waals surface area contributed by atoms with Crippen LogP contribution in [-0.2, 0) is 6.42 Å². The van der Waals surface area contributed by atoms with E-state index >= 15 is 0 Å². The van der Waals surface area contributed by atoms with Crippen LogP contribution in [0.1, 0.15) is 11.8 Å². The van der Waals surface area contributed by atoms with Crippen LogP contribution in [0.5, 0.6) is 0 Å². The van der Waals surface area contributed by atoms with Gasteiger partial charge in [0.05, 0.1) is 22.8 Å². The van der Waals surface area contributed by atoms with Crippen LogP contribution in [0.25, 0.3) is 16.0 Å². The number of fused-ring (bicyclic) bond motifs is 1. The SMILES string of the molecule is CCc1cc2c(-n3cc(Cl)cn3)nc(Cl)nc2s1. The molecule has 0 saturated carbocycles. The minimum Gasteiger partial charge on any atom is -0.220 e. The summed E-state index contributed by atoms with van der Waals surface area (Å²) in [5, 5.41) is 5.87. The van der Waals surface area contributed by atoms with Crippen molar-refractivity contribution in [2.75, 3.05) is 0 Å². The largest absolute Gasteiger partial charge is 0.225 e. The quantitative estimate of drug-likeness (QED) is 0.677. The van der Waals surface area contributed by atoms with Crippen LogP contribution >= 0.6 is 34.5 Å². The lowest BCUT2D eigenvalue weighted by atomic mass is 10.3. The Labute approximate surface area is 117 Å². The summed E-state index contributed by atoms with van der Waals surface area (Å²) >= 11 is 13.4. The van der Waals surface area contributed by atoms with Gasteiger partial charge in [-0.15, -0.1) is 11.3 Å². The highest BCUT2D eigenvalue weighted by molar-refractivity contribution is 7.18. The molecule has 3 rings (SSSR count). The molecule has 0 radical (unpaired) electrons. The molecule has 0 aliphatic heterocycles. The number of halogens is 2. The van der Waals surface area contributed by atoms with E-state index < -0.39 is 0 Å². The Hall–Kier alpha value is -1.17. The monoisotopic (exact) mass is 298 g/mol. The lowest BCUT2D eigenvalue weighted by molar-refractivity contribution is 0.852. The zero-order valence-electron chi connectivity index (χ0n) is 9.39. The van der Waals surface area contributed by atoms with Crippen molar-refractivity contribution in [2.24, 2.45) is 0 Å². The smallest absolute Gasteiger partial charge is 0.220 e. The molecule has 92 valence electrons. The van der Waals surface area contributed by atoms with E-state index in [-0.39, 0.29) is 5.28 Å². The molecule has 0 aliphatic carbocycles. The Morgan fingerprint density at radius 2 is 2.17 bits per heavy atom. The molecule has 0 N–H and O–H groups in total. The van der Waals surface area contributed by atoms with Crippen molar-refractivity contribution in [3.63, 3.8) is 0 Å². The molecule has 0 spiro atoms. The molecule has 0 unspecified atom stereocenters. The molecule has 0 saturated heterocycles. The molecule has 3 heterocycles. The number of rotatable bonds is 2. The van der Waals surface area contributed by atoms with Gasteiger partial charge in [-0.2, -0.15) is 10.1 Å². The highest BCUT2D eigenvalue weighted by Crippen LogP contribution is 2.29. The van der Waals surface area contributed by atoms with Gasteiger partial charge >= 0.3 is 0 Å². The Bertz CT molecular complexity index is 719. The number of nitrogens with zero attached hydrogens (tertiary/aromatic N) is 4. The summed E-state index contributed by atoms with van der Waals surface area (Å²) in [6.07, 6.45) is 4.22. The van der Waals surface area contributed by atoms with E-state index in [1.165, 1.54) is 4.88 Å². The third-order valence-corrected chi connectivity index (χ3v) is 4.05. The summed E-state index contributed by atoms with van der Waals surface area (Å²) in [5.41, 5.74) is 0. The van der Waals surface area contributed by atoms with Crippen molar-refractivity contribution in [1.82, 2.24) is 19.7 Å². The van der Waals surface area contributed by atoms with Gasteiger partial charge in [-0.3, -0.25) is 0 Å². The summed E-state index contributed by atoms with van der Waals surface area (Å²) in [6, 6.07) is 2.07. The number of thiophene rings is 1. The average Bonchev–Trinajstić information content (AvgIpc) is 2.93. The van der Waals surface area contributed by atoms with Crippen molar-refractivity contribution in [2.45, 2.75) is 13.3 Å². The highest BCUT2D eigenvalue weighted by atomic mass is 35.5. The third-order valence-electron chi connectivity index (χ3n) is 2.51. The molecule has 0 fully saturated rings. The Morgan fingerprint density at radius 3 is 2.83 bits per heavy atom. The van der Waals surface area contributed by atoms with E-state index in [0.717, 1.165) is 16.6 Å². The van der Waals surface area contributed by atoms with Gasteiger partial charge in [0.15, 0.2) is 5.82 Å². The zero-order valence-corrected chi connectivity index (χ0v) is 11.7. The minimum absolute atomic E-state index is 0.216. The second-order valence-electron chi connectivity index (χ2n) is 3.70. The van der Waals surface area contributed by atoms with Gasteiger partial charge in [-0.1, -0.05) is 18.5 Å². The van der Waals surface area contributed by atoms with Gasteiger partial charge in [0.2, 0.25) is 5.28 Å². The first-order chi connectivity index (χ1) is 8.67. The summed E-state index contributed by atoms with van der Waals surface area (Å²) in [7, 11) is 0. The standard InChI is InChI=1S/C11H8Cl2N4S/c1-2-7-3-8-9(17-5-6(12)4-14-17)15-11(13)16-10(8)18-7/h3-5H,2H2,1H3. The summed E-state index contributed by atoms with van der Waals surface area (Å²) in [4.78, 5) is 10.6. The molecule has 3 aromatic rings. The van der Waals surface area contributed by atoms with Crippen molar-refractivity contribution < 1.29 is 0 Å². The molecular weight excluding hydrogens is 291 g/mol. The Balaban J connectivity index is 2.29. The number of hydrogen-bond donors (Lipinski definition) is 0. The van der Waals surface area contributed by atoms with Crippen LogP contribution in [0.3, 0.4) is 0 Å². The number of hydrogen-bond acceptors (Lipinski definition) is 4. The first-order valence-corrected chi connectivity index (χ1v) is 6.91. The molecule has 0 bridgehead atoms. The molecule has 0 aliphatic rings. The normalized spacial score (nSPS) is 11.3. The van der Waals surface area contributed by atoms with Gasteiger partial charge in [0, 0.05) is 4.88 Å². The van der Waals surface area contributed by atoms with Crippen molar-refractivity contribution >= 4 is 44.8 Å². The Kier molecular flexibility index (Phi) is 2.97. The maximum absolute atomic E-state index is 5.94. The fourth-order valence-electron chi connectivity index (χ4n) is 1.70. The fourth-order valence-corrected chi connectivity index (χ4v) is 3.01. The molecule has 7 heteroatoms. The fraction of sp³-hybridized carbons (Fsp3) is 0.182. The second-order valence-corrected chi connectivity index (χ2v) is 5.59. The first-order valence-electron chi connectivity index (χ1n) is 5.34. The van der Waals surface area contributed by atoms with Crippen molar-refractivity contribution in [1.29, 1.82) is 0 Å². The highest BCUT2D eigenvalue weighted by Gasteiger charge is 2.12. The van der Waals surface area contributed by atoms with Gasteiger partial charge in [-0.05, 0) is 24.1 Å². The molecule has 4 nitrogen and oxygen atoms in total. The van der Waals surface area contributed by atoms with E-state index in [9.17, 15) is 0 Å². The van der Waals surface area contributed by atoms with Gasteiger partial charge in [0.1, 0.15) is 4.83 Å². The molecule has 3 aromatic heterocycles. The summed E-state index contributed by atoms with van der Waals surface area (Å²) in [6.45, 7) is 2.10. The van der Waals surface area contributed by atoms with Crippen LogP contribution in [0.15, 0.2) is 18.5 Å². The van der Waals surface area contributed by atoms with E-state index in [0.29, 0.717) is 10.8 Å². The molecule has 18 heavy (non-hydrogen) atoms. The van der Waals surface area contributed by atoms with Crippen LogP contribution in [-0.4, -0.2) is 19.7 Å². The van der Waals surface area contributed by atoms with Gasteiger partial charge in [0.25, 0.3) is 0 Å². The second kappa shape index (κ2) is 4.50. The molecule has 0 aromatic carbocycles. The lowest BCUT2D eigenvalue weighted by Crippen LogP contribution is -1.99. The van der Waals surface area contributed by atoms with E-state index in [4.69, 9.17) is 23.2 Å². The zero-order chi connectivity index (χ0) is 12.7. The molecular formula is C11H8Cl2N4S. The van der Waals surface area contributed by atoms with Crippen molar-refractivity contribution in [3.05, 3.63) is 33.6 Å². The maximum atomic E-state index is 5.94. The van der Waals surface area contributed by atoms with Crippen LogP contribution in [0, 0.1) is 0 Å². The Morgan fingerprint density at radius 1 is 1.33 bits per heavy atom. The number of aromatic nitrogens is 4. The predicted octanol–water partition coefficient (Wildman–Crippen LogP) is 3.75. The lowest BCUT2D eigenvalue weighted by Gasteiger charge is -2.01. The van der Waals surface area contributed by atoms with Gasteiger partial charge < -0.3 is 0 Å². The molecule has 0 amide bonds. The average molecular weight is 299 g/mol. The third kappa shape index (κ3) is 1.98. The first kappa shape index (κ1) is 11.9. The minimum atomic E-state index is 0.216. The van der Waals surface area contributed by atoms with Crippen LogP contribution in [0.4, 0.5) is 0 Å². The van der Waals surface area contributed by atoms with Crippen molar-refractivity contribution in [3.8, 4) is 5.82 Å². The molecule has 0 atom stereocenters. The maximum Gasteiger partial charge on any atom is 0.225 e. The van der Waals surface area contributed by atoms with Gasteiger partial charge in [-0.25, -0.2) is 9.67 Å². The van der Waals surface area contributed by atoms with E-state index in [1.54, 1.807) is 28.4 Å².